The van der Waals surface area contributed by atoms with Gasteiger partial charge in [-0.1, -0.05) is 36.6 Å². The van der Waals surface area contributed by atoms with Crippen LogP contribution in [0.15, 0.2) is 24.3 Å². The third-order valence-corrected chi connectivity index (χ3v) is 5.82. The lowest BCUT2D eigenvalue weighted by Crippen LogP contribution is -2.45. The van der Waals surface area contributed by atoms with Crippen LogP contribution in [0, 0.1) is 11.8 Å². The van der Waals surface area contributed by atoms with Gasteiger partial charge in [-0.25, -0.2) is 0 Å². The van der Waals surface area contributed by atoms with E-state index < -0.39 is 48.4 Å². The molecule has 1 aromatic carbocycles. The molecule has 26 heavy (non-hydrogen) atoms. The Bertz CT molecular complexity index is 716. The van der Waals surface area contributed by atoms with Crippen molar-refractivity contribution in [1.82, 2.24) is 4.90 Å². The number of carboxylic acid groups (broad SMARTS) is 1. The molecular formula is C18H19ClF3NO3. The number of rotatable bonds is 3. The molecule has 1 saturated carbocycles. The highest BCUT2D eigenvalue weighted by atomic mass is 35.5. The van der Waals surface area contributed by atoms with Crippen molar-refractivity contribution >= 4 is 23.5 Å². The summed E-state index contributed by atoms with van der Waals surface area (Å²) in [4.78, 5) is 25.6. The number of carbonyl (C=O) groups excluding carboxylic acids is 1. The summed E-state index contributed by atoms with van der Waals surface area (Å²) >= 11 is 6.05. The molecule has 1 N–H and O–H groups in total. The minimum absolute atomic E-state index is 0.416. The third kappa shape index (κ3) is 3.29. The fourth-order valence-corrected chi connectivity index (χ4v) is 4.44. The lowest BCUT2D eigenvalue weighted by atomic mass is 9.77. The van der Waals surface area contributed by atoms with Gasteiger partial charge in [0.15, 0.2) is 0 Å². The number of benzene rings is 1. The molecule has 1 heterocycles. The zero-order chi connectivity index (χ0) is 19.1. The topological polar surface area (TPSA) is 57.6 Å². The Kier molecular flexibility index (Phi) is 4.94. The SMILES string of the molecule is O=C(O)[C@@H]1CN(C(=O)C2(c3cccc(Cl)c3)CCCC2)C[C@H]1C(F)(F)F. The first-order chi connectivity index (χ1) is 12.1. The Morgan fingerprint density at radius 2 is 1.85 bits per heavy atom. The van der Waals surface area contributed by atoms with Crippen LogP contribution in [0.3, 0.4) is 0 Å². The minimum Gasteiger partial charge on any atom is -0.481 e. The highest BCUT2D eigenvalue weighted by Gasteiger charge is 2.56. The van der Waals surface area contributed by atoms with Crippen LogP contribution in [0.2, 0.25) is 5.02 Å². The smallest absolute Gasteiger partial charge is 0.394 e. The summed E-state index contributed by atoms with van der Waals surface area (Å²) in [5.74, 6) is -5.61. The van der Waals surface area contributed by atoms with E-state index in [4.69, 9.17) is 11.6 Å². The van der Waals surface area contributed by atoms with Gasteiger partial charge in [0.1, 0.15) is 0 Å². The Morgan fingerprint density at radius 3 is 2.35 bits per heavy atom. The van der Waals surface area contributed by atoms with Gasteiger partial charge in [0.2, 0.25) is 5.91 Å². The molecule has 0 bridgehead atoms. The van der Waals surface area contributed by atoms with E-state index >= 15 is 0 Å². The van der Waals surface area contributed by atoms with Crippen LogP contribution in [-0.2, 0) is 15.0 Å². The van der Waals surface area contributed by atoms with Crippen LogP contribution in [0.5, 0.6) is 0 Å². The van der Waals surface area contributed by atoms with Gasteiger partial charge < -0.3 is 10.0 Å². The summed E-state index contributed by atoms with van der Waals surface area (Å²) in [6.07, 6.45) is -2.03. The molecule has 0 spiro atoms. The number of carboxylic acids is 1. The molecule has 1 saturated heterocycles. The van der Waals surface area contributed by atoms with Crippen molar-refractivity contribution < 1.29 is 27.9 Å². The Balaban J connectivity index is 1.93. The zero-order valence-corrected chi connectivity index (χ0v) is 14.7. The predicted molar refractivity (Wildman–Crippen MR) is 88.8 cm³/mol. The second kappa shape index (κ2) is 6.76. The van der Waals surface area contributed by atoms with Crippen LogP contribution in [0.4, 0.5) is 13.2 Å². The second-order valence-corrected chi connectivity index (χ2v) is 7.54. The van der Waals surface area contributed by atoms with Gasteiger partial charge in [-0.2, -0.15) is 13.2 Å². The van der Waals surface area contributed by atoms with E-state index in [1.54, 1.807) is 24.3 Å². The van der Waals surface area contributed by atoms with Crippen LogP contribution in [0.1, 0.15) is 31.2 Å². The molecule has 1 aliphatic heterocycles. The Morgan fingerprint density at radius 1 is 1.19 bits per heavy atom. The first kappa shape index (κ1) is 19.0. The number of amides is 1. The van der Waals surface area contributed by atoms with Crippen LogP contribution in [-0.4, -0.2) is 41.1 Å². The van der Waals surface area contributed by atoms with Crippen molar-refractivity contribution in [3.63, 3.8) is 0 Å². The first-order valence-electron chi connectivity index (χ1n) is 8.50. The standard InChI is InChI=1S/C18H19ClF3NO3/c19-12-5-3-4-11(8-12)17(6-1-2-7-17)16(26)23-9-13(15(24)25)14(10-23)18(20,21)22/h3-5,8,13-14H,1-2,6-7,9-10H2,(H,24,25)/t13-,14-/m1/s1. The van der Waals surface area contributed by atoms with Gasteiger partial charge in [-0.05, 0) is 30.5 Å². The number of carbonyl (C=O) groups is 2. The average Bonchev–Trinajstić information content (AvgIpc) is 3.22. The van der Waals surface area contributed by atoms with Gasteiger partial charge in [-0.3, -0.25) is 9.59 Å². The molecule has 0 aromatic heterocycles. The molecule has 4 nitrogen and oxygen atoms in total. The lowest BCUT2D eigenvalue weighted by Gasteiger charge is -2.33. The maximum absolute atomic E-state index is 13.2. The molecule has 8 heteroatoms. The average molecular weight is 390 g/mol. The quantitative estimate of drug-likeness (QED) is 0.853. The highest BCUT2D eigenvalue weighted by molar-refractivity contribution is 6.30. The molecule has 0 radical (unpaired) electrons. The van der Waals surface area contributed by atoms with E-state index in [1.165, 1.54) is 0 Å². The van der Waals surface area contributed by atoms with E-state index in [1.807, 2.05) is 0 Å². The van der Waals surface area contributed by atoms with Gasteiger partial charge in [0.25, 0.3) is 0 Å². The molecule has 3 rings (SSSR count). The highest BCUT2D eigenvalue weighted by Crippen LogP contribution is 2.46. The number of nitrogens with zero attached hydrogens (tertiary/aromatic N) is 1. The number of alkyl halides is 3. The molecule has 142 valence electrons. The summed E-state index contributed by atoms with van der Waals surface area (Å²) < 4.78 is 39.7. The number of halogens is 4. The third-order valence-electron chi connectivity index (χ3n) is 5.59. The molecule has 1 amide bonds. The number of hydrogen-bond donors (Lipinski definition) is 1. The number of likely N-dealkylation sites (tertiary alicyclic amines) is 1. The molecule has 0 unspecified atom stereocenters. The number of hydrogen-bond acceptors (Lipinski definition) is 2. The first-order valence-corrected chi connectivity index (χ1v) is 8.88. The molecule has 2 fully saturated rings. The van der Waals surface area contributed by atoms with E-state index in [-0.39, 0.29) is 0 Å². The van der Waals surface area contributed by atoms with Crippen LogP contribution >= 0.6 is 11.6 Å². The normalized spacial score (nSPS) is 25.5. The van der Waals surface area contributed by atoms with Crippen molar-refractivity contribution in [2.45, 2.75) is 37.3 Å². The van der Waals surface area contributed by atoms with E-state index in [2.05, 4.69) is 0 Å². The maximum Gasteiger partial charge on any atom is 0.394 e. The summed E-state index contributed by atoms with van der Waals surface area (Å²) in [5.41, 5.74) is -0.233. The summed E-state index contributed by atoms with van der Waals surface area (Å²) in [7, 11) is 0. The van der Waals surface area contributed by atoms with Crippen molar-refractivity contribution in [1.29, 1.82) is 0 Å². The minimum atomic E-state index is -4.66. The second-order valence-electron chi connectivity index (χ2n) is 7.10. The van der Waals surface area contributed by atoms with Crippen molar-refractivity contribution in [2.75, 3.05) is 13.1 Å². The summed E-state index contributed by atoms with van der Waals surface area (Å²) in [6, 6.07) is 6.83. The lowest BCUT2D eigenvalue weighted by molar-refractivity contribution is -0.188. The summed E-state index contributed by atoms with van der Waals surface area (Å²) in [5, 5.41) is 9.63. The van der Waals surface area contributed by atoms with Crippen LogP contribution < -0.4 is 0 Å². The van der Waals surface area contributed by atoms with E-state index in [9.17, 15) is 27.9 Å². The van der Waals surface area contributed by atoms with Gasteiger partial charge >= 0.3 is 12.1 Å². The molecule has 2 atom stereocenters. The van der Waals surface area contributed by atoms with Crippen molar-refractivity contribution in [3.05, 3.63) is 34.9 Å². The monoisotopic (exact) mass is 389 g/mol. The van der Waals surface area contributed by atoms with E-state index in [0.717, 1.165) is 17.7 Å². The summed E-state index contributed by atoms with van der Waals surface area (Å²) in [6.45, 7) is -1.03. The Hall–Kier alpha value is -1.76. The fourth-order valence-electron chi connectivity index (χ4n) is 4.24. The van der Waals surface area contributed by atoms with Gasteiger partial charge in [0, 0.05) is 18.1 Å². The zero-order valence-electron chi connectivity index (χ0n) is 13.9. The largest absolute Gasteiger partial charge is 0.481 e. The fraction of sp³-hybridized carbons (Fsp3) is 0.556. The van der Waals surface area contributed by atoms with Gasteiger partial charge in [-0.15, -0.1) is 0 Å². The molecule has 1 aromatic rings. The predicted octanol–water partition coefficient (Wildman–Crippen LogP) is 3.87. The molecule has 2 aliphatic rings. The molecule has 1 aliphatic carbocycles. The van der Waals surface area contributed by atoms with Crippen molar-refractivity contribution in [2.24, 2.45) is 11.8 Å². The van der Waals surface area contributed by atoms with Gasteiger partial charge in [0.05, 0.1) is 17.3 Å². The number of aliphatic carboxylic acids is 1. The Labute approximate surface area is 153 Å². The van der Waals surface area contributed by atoms with E-state index in [0.29, 0.717) is 23.4 Å². The van der Waals surface area contributed by atoms with Crippen LogP contribution in [0.25, 0.3) is 0 Å². The molecular weight excluding hydrogens is 371 g/mol. The maximum atomic E-state index is 13.2. The van der Waals surface area contributed by atoms with Crippen molar-refractivity contribution in [3.8, 4) is 0 Å².